The predicted octanol–water partition coefficient (Wildman–Crippen LogP) is 12.1. The molecule has 0 spiro atoms. The maximum Gasteiger partial charge on any atom is 0.160 e. The van der Waals surface area contributed by atoms with E-state index in [1.54, 1.807) is 11.3 Å². The van der Waals surface area contributed by atoms with E-state index in [1.165, 1.54) is 41.6 Å². The van der Waals surface area contributed by atoms with Crippen LogP contribution in [0.15, 0.2) is 170 Å². The highest BCUT2D eigenvalue weighted by molar-refractivity contribution is 7.26. The molecule has 1 aliphatic rings. The molecular weight excluding hydrogens is 713 g/mol. The zero-order valence-electron chi connectivity index (χ0n) is 30.9. The average Bonchev–Trinajstić information content (AvgIpc) is 3.68. The summed E-state index contributed by atoms with van der Waals surface area (Å²) in [6, 6.07) is 55.8. The summed E-state index contributed by atoms with van der Waals surface area (Å²) in [5.74, 6) is 0.665. The van der Waals surface area contributed by atoms with Crippen molar-refractivity contribution >= 4 is 54.6 Å². The highest BCUT2D eigenvalue weighted by Crippen LogP contribution is 2.41. The van der Waals surface area contributed by atoms with Crippen molar-refractivity contribution in [3.05, 3.63) is 181 Å². The predicted molar refractivity (Wildman–Crippen MR) is 238 cm³/mol. The third-order valence-corrected chi connectivity index (χ3v) is 12.2. The van der Waals surface area contributed by atoms with Gasteiger partial charge < -0.3 is 0 Å². The van der Waals surface area contributed by atoms with E-state index < -0.39 is 0 Å². The molecule has 1 aliphatic carbocycles. The number of hydrogen-bond donors (Lipinski definition) is 0. The summed E-state index contributed by atoms with van der Waals surface area (Å²) in [7, 11) is 0. The standard InChI is InChI=1S/C52H34N4S/c1-2-13-33(14-3-1)47-32-48(56-52(55-47)36-17-12-16-35(27-36)46-22-10-11-25-53-46)39-29-37(41-24-26-54-50-44-21-8-9-23-49(44)57-51(41)50)28-38(30-39)45-31-34-15-4-5-18-40(34)42-19-6-7-20-43(42)45/h1-5,8-32H,6-7H2. The van der Waals surface area contributed by atoms with Gasteiger partial charge in [0.2, 0.25) is 0 Å². The molecule has 4 nitrogen and oxygen atoms in total. The molecule has 0 saturated heterocycles. The van der Waals surface area contributed by atoms with Crippen LogP contribution in [0.5, 0.6) is 0 Å². The van der Waals surface area contributed by atoms with Crippen molar-refractivity contribution in [2.75, 3.05) is 0 Å². The maximum absolute atomic E-state index is 5.38. The van der Waals surface area contributed by atoms with Gasteiger partial charge in [0.05, 0.1) is 27.3 Å². The molecule has 4 heterocycles. The van der Waals surface area contributed by atoms with Crippen LogP contribution in [0.2, 0.25) is 0 Å². The molecule has 0 aliphatic heterocycles. The number of fused-ring (bicyclic) bond motifs is 6. The van der Waals surface area contributed by atoms with Gasteiger partial charge in [0.15, 0.2) is 5.82 Å². The second-order valence-electron chi connectivity index (χ2n) is 14.5. The third kappa shape index (κ3) is 6.00. The summed E-state index contributed by atoms with van der Waals surface area (Å²) in [6.45, 7) is 0. The lowest BCUT2D eigenvalue weighted by atomic mass is 9.90. The van der Waals surface area contributed by atoms with Gasteiger partial charge in [-0.25, -0.2) is 9.97 Å². The van der Waals surface area contributed by atoms with Crippen molar-refractivity contribution < 1.29 is 0 Å². The van der Waals surface area contributed by atoms with Gasteiger partial charge in [-0.15, -0.1) is 11.3 Å². The Morgan fingerprint density at radius 2 is 1.11 bits per heavy atom. The van der Waals surface area contributed by atoms with E-state index in [2.05, 4.69) is 151 Å². The smallest absolute Gasteiger partial charge is 0.160 e. The topological polar surface area (TPSA) is 51.6 Å². The van der Waals surface area contributed by atoms with Gasteiger partial charge in [-0.05, 0) is 111 Å². The average molecular weight is 747 g/mol. The molecular formula is C52H34N4S. The number of thiophene rings is 1. The normalized spacial score (nSPS) is 12.4. The Morgan fingerprint density at radius 1 is 0.421 bits per heavy atom. The summed E-state index contributed by atoms with van der Waals surface area (Å²) in [6.07, 6.45) is 10.7. The van der Waals surface area contributed by atoms with E-state index in [-0.39, 0.29) is 0 Å². The molecule has 268 valence electrons. The summed E-state index contributed by atoms with van der Waals surface area (Å²) >= 11 is 1.81. The molecule has 0 N–H and O–H groups in total. The van der Waals surface area contributed by atoms with Crippen LogP contribution in [-0.2, 0) is 0 Å². The minimum absolute atomic E-state index is 0.665. The number of hydrogen-bond acceptors (Lipinski definition) is 5. The molecule has 0 bridgehead atoms. The van der Waals surface area contributed by atoms with Gasteiger partial charge in [-0.3, -0.25) is 9.97 Å². The van der Waals surface area contributed by atoms with Crippen molar-refractivity contribution in [2.24, 2.45) is 0 Å². The van der Waals surface area contributed by atoms with E-state index >= 15 is 0 Å². The summed E-state index contributed by atoms with van der Waals surface area (Å²) in [5.41, 5.74) is 12.4. The number of nitrogens with zero attached hydrogens (tertiary/aromatic N) is 4. The fourth-order valence-electron chi connectivity index (χ4n) is 8.28. The zero-order chi connectivity index (χ0) is 37.7. The number of benzene rings is 6. The van der Waals surface area contributed by atoms with E-state index in [9.17, 15) is 0 Å². The second-order valence-corrected chi connectivity index (χ2v) is 15.6. The SMILES string of the molecule is C1=c2c(-c3cc(-c4cc(-c5ccccc5)nc(-c5cccc(-c6ccccn6)c5)n4)cc(-c4ccnc5c4sc4ccccc45)c3)cc3ccccc3c2=CCC1. The minimum Gasteiger partial charge on any atom is -0.256 e. The molecule has 0 atom stereocenters. The highest BCUT2D eigenvalue weighted by Gasteiger charge is 2.18. The fraction of sp³-hybridized carbons (Fsp3) is 0.0385. The lowest BCUT2D eigenvalue weighted by Gasteiger charge is -2.16. The minimum atomic E-state index is 0.665. The van der Waals surface area contributed by atoms with E-state index in [0.29, 0.717) is 5.82 Å². The molecule has 57 heavy (non-hydrogen) atoms. The molecule has 6 aromatic carbocycles. The summed E-state index contributed by atoms with van der Waals surface area (Å²) in [4.78, 5) is 20.1. The Kier molecular flexibility index (Phi) is 8.11. The summed E-state index contributed by atoms with van der Waals surface area (Å²) in [5, 5.41) is 6.34. The van der Waals surface area contributed by atoms with Crippen molar-refractivity contribution in [3.63, 3.8) is 0 Å². The van der Waals surface area contributed by atoms with Gasteiger partial charge in [0, 0.05) is 50.3 Å². The first-order valence-corrected chi connectivity index (χ1v) is 20.2. The lowest BCUT2D eigenvalue weighted by Crippen LogP contribution is -2.29. The highest BCUT2D eigenvalue weighted by atomic mass is 32.1. The Labute approximate surface area is 333 Å². The van der Waals surface area contributed by atoms with E-state index in [4.69, 9.17) is 15.0 Å². The number of pyridine rings is 2. The molecule has 0 amide bonds. The molecule has 11 rings (SSSR count). The van der Waals surface area contributed by atoms with Crippen molar-refractivity contribution in [2.45, 2.75) is 12.8 Å². The Morgan fingerprint density at radius 3 is 1.96 bits per heavy atom. The molecule has 4 aromatic heterocycles. The van der Waals surface area contributed by atoms with Crippen LogP contribution in [0.3, 0.4) is 0 Å². The number of rotatable bonds is 6. The molecule has 0 saturated carbocycles. The van der Waals surface area contributed by atoms with Crippen LogP contribution in [0.25, 0.3) is 111 Å². The van der Waals surface area contributed by atoms with Crippen LogP contribution >= 0.6 is 11.3 Å². The first-order chi connectivity index (χ1) is 28.2. The monoisotopic (exact) mass is 746 g/mol. The fourth-order valence-corrected chi connectivity index (χ4v) is 9.47. The Bertz CT molecular complexity index is 3300. The van der Waals surface area contributed by atoms with Gasteiger partial charge in [-0.1, -0.05) is 109 Å². The van der Waals surface area contributed by atoms with E-state index in [1.807, 2.05) is 36.7 Å². The van der Waals surface area contributed by atoms with Crippen LogP contribution in [0.1, 0.15) is 12.8 Å². The van der Waals surface area contributed by atoms with Crippen LogP contribution in [0.4, 0.5) is 0 Å². The van der Waals surface area contributed by atoms with Crippen LogP contribution in [-0.4, -0.2) is 19.9 Å². The van der Waals surface area contributed by atoms with Crippen molar-refractivity contribution in [3.8, 4) is 67.4 Å². The largest absolute Gasteiger partial charge is 0.256 e. The van der Waals surface area contributed by atoms with Crippen LogP contribution < -0.4 is 10.4 Å². The summed E-state index contributed by atoms with van der Waals surface area (Å²) < 4.78 is 2.42. The van der Waals surface area contributed by atoms with Crippen LogP contribution in [0, 0.1) is 0 Å². The first-order valence-electron chi connectivity index (χ1n) is 19.3. The van der Waals surface area contributed by atoms with E-state index in [0.717, 1.165) is 74.4 Å². The Balaban J connectivity index is 1.18. The molecule has 10 aromatic rings. The molecule has 5 heteroatoms. The van der Waals surface area contributed by atoms with Gasteiger partial charge in [-0.2, -0.15) is 0 Å². The maximum atomic E-state index is 5.38. The quantitative estimate of drug-likeness (QED) is 0.170. The molecule has 0 fully saturated rings. The zero-order valence-corrected chi connectivity index (χ0v) is 31.7. The van der Waals surface area contributed by atoms with Gasteiger partial charge in [0.25, 0.3) is 0 Å². The third-order valence-electron chi connectivity index (χ3n) is 11.0. The molecule has 0 radical (unpaired) electrons. The van der Waals surface area contributed by atoms with Gasteiger partial charge in [0.1, 0.15) is 0 Å². The molecule has 0 unspecified atom stereocenters. The Hall–Kier alpha value is -7.08. The van der Waals surface area contributed by atoms with Crippen molar-refractivity contribution in [1.29, 1.82) is 0 Å². The lowest BCUT2D eigenvalue weighted by molar-refractivity contribution is 1.12. The second kappa shape index (κ2) is 13.9. The van der Waals surface area contributed by atoms with Gasteiger partial charge >= 0.3 is 0 Å². The first kappa shape index (κ1) is 33.3. The number of aromatic nitrogens is 4. The van der Waals surface area contributed by atoms with Crippen molar-refractivity contribution in [1.82, 2.24) is 19.9 Å².